The highest BCUT2D eigenvalue weighted by atomic mass is 35.6. The maximum absolute atomic E-state index is 6.14. The van der Waals surface area contributed by atoms with E-state index in [9.17, 15) is 0 Å². The fraction of sp³-hybridized carbons (Fsp3) is 0.200. The third kappa shape index (κ3) is 3.20. The van der Waals surface area contributed by atoms with Gasteiger partial charge in [0.2, 0.25) is 3.79 Å². The van der Waals surface area contributed by atoms with Gasteiger partial charge >= 0.3 is 0 Å². The summed E-state index contributed by atoms with van der Waals surface area (Å²) in [5, 5.41) is 0. The van der Waals surface area contributed by atoms with E-state index in [1.165, 1.54) is 5.56 Å². The lowest BCUT2D eigenvalue weighted by Crippen LogP contribution is -2.18. The minimum absolute atomic E-state index is 0.260. The molecular formula is C15H13Cl3. The summed E-state index contributed by atoms with van der Waals surface area (Å²) >= 11 is 18.4. The molecule has 0 saturated carbocycles. The first-order valence-electron chi connectivity index (χ1n) is 5.67. The van der Waals surface area contributed by atoms with Crippen molar-refractivity contribution >= 4 is 34.8 Å². The molecule has 2 aromatic carbocycles. The zero-order chi connectivity index (χ0) is 13.2. The van der Waals surface area contributed by atoms with E-state index in [2.05, 4.69) is 0 Å². The largest absolute Gasteiger partial charge is 0.201 e. The van der Waals surface area contributed by atoms with Crippen LogP contribution in [0.3, 0.4) is 0 Å². The average molecular weight is 300 g/mol. The van der Waals surface area contributed by atoms with E-state index in [0.717, 1.165) is 11.1 Å². The summed E-state index contributed by atoms with van der Waals surface area (Å²) in [6.45, 7) is 2.04. The summed E-state index contributed by atoms with van der Waals surface area (Å²) in [6, 6.07) is 17.9. The van der Waals surface area contributed by atoms with Gasteiger partial charge in [-0.1, -0.05) is 95.0 Å². The molecule has 2 rings (SSSR count). The van der Waals surface area contributed by atoms with Crippen molar-refractivity contribution in [2.45, 2.75) is 16.6 Å². The number of alkyl halides is 3. The smallest absolute Gasteiger partial charge is 0.0826 e. The van der Waals surface area contributed by atoms with Crippen LogP contribution in [0.4, 0.5) is 0 Å². The molecular weight excluding hydrogens is 287 g/mol. The Morgan fingerprint density at radius 1 is 0.778 bits per heavy atom. The predicted octanol–water partition coefficient (Wildman–Crippen LogP) is 5.50. The quantitative estimate of drug-likeness (QED) is 0.643. The highest BCUT2D eigenvalue weighted by Gasteiger charge is 2.34. The topological polar surface area (TPSA) is 0 Å². The molecule has 3 heteroatoms. The molecule has 1 atom stereocenters. The molecule has 18 heavy (non-hydrogen) atoms. The maximum atomic E-state index is 6.14. The fourth-order valence-electron chi connectivity index (χ4n) is 1.97. The molecule has 0 amide bonds. The van der Waals surface area contributed by atoms with Crippen molar-refractivity contribution in [1.29, 1.82) is 0 Å². The first-order chi connectivity index (χ1) is 8.48. The summed E-state index contributed by atoms with van der Waals surface area (Å²) in [7, 11) is 0. The molecule has 0 aliphatic rings. The minimum atomic E-state index is -1.36. The Labute approximate surface area is 122 Å². The molecule has 0 aromatic heterocycles. The van der Waals surface area contributed by atoms with Crippen LogP contribution in [-0.4, -0.2) is 3.79 Å². The van der Waals surface area contributed by atoms with Crippen LogP contribution in [-0.2, 0) is 0 Å². The van der Waals surface area contributed by atoms with Crippen molar-refractivity contribution < 1.29 is 0 Å². The number of rotatable bonds is 2. The lowest BCUT2D eigenvalue weighted by atomic mass is 9.92. The second kappa shape index (κ2) is 5.52. The third-order valence-corrected chi connectivity index (χ3v) is 3.53. The first-order valence-corrected chi connectivity index (χ1v) is 6.80. The second-order valence-corrected chi connectivity index (χ2v) is 6.66. The predicted molar refractivity (Wildman–Crippen MR) is 79.8 cm³/mol. The molecule has 0 bridgehead atoms. The Hall–Kier alpha value is -0.690. The van der Waals surface area contributed by atoms with Gasteiger partial charge < -0.3 is 0 Å². The number of halogens is 3. The summed E-state index contributed by atoms with van der Waals surface area (Å²) in [6.07, 6.45) is 0. The van der Waals surface area contributed by atoms with Gasteiger partial charge in [-0.15, -0.1) is 0 Å². The molecule has 2 aromatic rings. The molecule has 0 aliphatic carbocycles. The van der Waals surface area contributed by atoms with Gasteiger partial charge in [0.05, 0.1) is 5.92 Å². The average Bonchev–Trinajstić information content (AvgIpc) is 2.32. The summed E-state index contributed by atoms with van der Waals surface area (Å²) < 4.78 is -1.36. The van der Waals surface area contributed by atoms with Gasteiger partial charge in [-0.3, -0.25) is 0 Å². The third-order valence-electron chi connectivity index (χ3n) is 2.87. The zero-order valence-electron chi connectivity index (χ0n) is 9.91. The van der Waals surface area contributed by atoms with E-state index in [1.807, 2.05) is 61.5 Å². The van der Waals surface area contributed by atoms with Gasteiger partial charge in [0.25, 0.3) is 0 Å². The van der Waals surface area contributed by atoms with Gasteiger partial charge in [-0.25, -0.2) is 0 Å². The van der Waals surface area contributed by atoms with Crippen LogP contribution in [0.5, 0.6) is 0 Å². The second-order valence-electron chi connectivity index (χ2n) is 4.30. The first kappa shape index (κ1) is 13.7. The Morgan fingerprint density at radius 2 is 1.28 bits per heavy atom. The van der Waals surface area contributed by atoms with Gasteiger partial charge in [0, 0.05) is 0 Å². The maximum Gasteiger partial charge on any atom is 0.201 e. The van der Waals surface area contributed by atoms with Crippen molar-refractivity contribution in [2.75, 3.05) is 0 Å². The molecule has 0 N–H and O–H groups in total. The Bertz CT molecular complexity index is 498. The fourth-order valence-corrected chi connectivity index (χ4v) is 2.73. The van der Waals surface area contributed by atoms with Crippen molar-refractivity contribution in [3.8, 4) is 0 Å². The van der Waals surface area contributed by atoms with E-state index in [1.54, 1.807) is 0 Å². The summed E-state index contributed by atoms with van der Waals surface area (Å²) in [5.74, 6) is -0.260. The Morgan fingerprint density at radius 3 is 1.78 bits per heavy atom. The normalized spacial score (nSPS) is 13.3. The van der Waals surface area contributed by atoms with Crippen LogP contribution < -0.4 is 0 Å². The van der Waals surface area contributed by atoms with Crippen molar-refractivity contribution in [3.05, 3.63) is 71.3 Å². The van der Waals surface area contributed by atoms with E-state index in [4.69, 9.17) is 34.8 Å². The molecule has 0 nitrogen and oxygen atoms in total. The zero-order valence-corrected chi connectivity index (χ0v) is 12.2. The number of aryl methyl sites for hydroxylation is 1. The Kier molecular flexibility index (Phi) is 4.21. The molecule has 0 fully saturated rings. The molecule has 0 heterocycles. The standard InChI is InChI=1S/C15H13Cl3/c1-11-7-9-13(10-8-11)14(15(16,17)18)12-5-3-2-4-6-12/h2-10,14H,1H3. The van der Waals surface area contributed by atoms with Gasteiger partial charge in [0.1, 0.15) is 0 Å². The summed E-state index contributed by atoms with van der Waals surface area (Å²) in [5.41, 5.74) is 3.20. The van der Waals surface area contributed by atoms with E-state index < -0.39 is 3.79 Å². The summed E-state index contributed by atoms with van der Waals surface area (Å²) in [4.78, 5) is 0. The van der Waals surface area contributed by atoms with Gasteiger partial charge in [-0.2, -0.15) is 0 Å². The van der Waals surface area contributed by atoms with Gasteiger partial charge in [-0.05, 0) is 18.1 Å². The molecule has 94 valence electrons. The van der Waals surface area contributed by atoms with Crippen LogP contribution in [0.25, 0.3) is 0 Å². The van der Waals surface area contributed by atoms with E-state index >= 15 is 0 Å². The van der Waals surface area contributed by atoms with Crippen molar-refractivity contribution in [2.24, 2.45) is 0 Å². The van der Waals surface area contributed by atoms with Crippen LogP contribution in [0.1, 0.15) is 22.6 Å². The van der Waals surface area contributed by atoms with Crippen LogP contribution in [0.15, 0.2) is 54.6 Å². The molecule has 0 radical (unpaired) electrons. The van der Waals surface area contributed by atoms with Crippen molar-refractivity contribution in [1.82, 2.24) is 0 Å². The monoisotopic (exact) mass is 298 g/mol. The highest BCUT2D eigenvalue weighted by Crippen LogP contribution is 2.45. The lowest BCUT2D eigenvalue weighted by molar-refractivity contribution is 0.839. The minimum Gasteiger partial charge on any atom is -0.0826 e. The van der Waals surface area contributed by atoms with E-state index in [-0.39, 0.29) is 5.92 Å². The highest BCUT2D eigenvalue weighted by molar-refractivity contribution is 6.68. The number of hydrogen-bond acceptors (Lipinski definition) is 0. The number of hydrogen-bond donors (Lipinski definition) is 0. The Balaban J connectivity index is 2.47. The van der Waals surface area contributed by atoms with Gasteiger partial charge in [0.15, 0.2) is 0 Å². The lowest BCUT2D eigenvalue weighted by Gasteiger charge is -2.25. The number of benzene rings is 2. The van der Waals surface area contributed by atoms with Crippen LogP contribution >= 0.6 is 34.8 Å². The van der Waals surface area contributed by atoms with Crippen LogP contribution in [0.2, 0.25) is 0 Å². The molecule has 1 unspecified atom stereocenters. The van der Waals surface area contributed by atoms with Crippen molar-refractivity contribution in [3.63, 3.8) is 0 Å². The SMILES string of the molecule is Cc1ccc(C(c2ccccc2)C(Cl)(Cl)Cl)cc1. The van der Waals surface area contributed by atoms with E-state index in [0.29, 0.717) is 0 Å². The molecule has 0 spiro atoms. The van der Waals surface area contributed by atoms with Crippen LogP contribution in [0, 0.1) is 6.92 Å². The molecule has 0 aliphatic heterocycles. The molecule has 0 saturated heterocycles.